The van der Waals surface area contributed by atoms with Crippen LogP contribution in [0.15, 0.2) is 0 Å². The SMILES string of the molecule is Cc1nc(CNC(=O)NCC2CCCCO2)sc1C(=O)O. The van der Waals surface area contributed by atoms with Gasteiger partial charge in [0.05, 0.1) is 18.3 Å². The number of thiazole rings is 1. The second-order valence-electron chi connectivity index (χ2n) is 4.88. The summed E-state index contributed by atoms with van der Waals surface area (Å²) in [4.78, 5) is 26.9. The molecule has 116 valence electrons. The molecule has 1 aromatic rings. The molecule has 1 aliphatic heterocycles. The van der Waals surface area contributed by atoms with Gasteiger partial charge in [-0.05, 0) is 26.2 Å². The molecule has 2 amide bonds. The van der Waals surface area contributed by atoms with Crippen molar-refractivity contribution < 1.29 is 19.4 Å². The van der Waals surface area contributed by atoms with Crippen LogP contribution in [0.3, 0.4) is 0 Å². The van der Waals surface area contributed by atoms with Crippen LogP contribution in [-0.4, -0.2) is 41.3 Å². The second-order valence-corrected chi connectivity index (χ2v) is 5.96. The van der Waals surface area contributed by atoms with E-state index in [1.807, 2.05) is 0 Å². The molecule has 0 saturated carbocycles. The number of aromatic carboxylic acids is 1. The molecule has 7 nitrogen and oxygen atoms in total. The van der Waals surface area contributed by atoms with E-state index in [1.54, 1.807) is 6.92 Å². The van der Waals surface area contributed by atoms with E-state index >= 15 is 0 Å². The number of carbonyl (C=O) groups excluding carboxylic acids is 1. The molecule has 1 aromatic heterocycles. The third kappa shape index (κ3) is 4.68. The summed E-state index contributed by atoms with van der Waals surface area (Å²) < 4.78 is 5.52. The van der Waals surface area contributed by atoms with E-state index in [-0.39, 0.29) is 23.6 Å². The number of nitrogens with zero attached hydrogens (tertiary/aromatic N) is 1. The molecular formula is C13H19N3O4S. The molecule has 2 rings (SSSR count). The number of hydrogen-bond donors (Lipinski definition) is 3. The highest BCUT2D eigenvalue weighted by Crippen LogP contribution is 2.17. The van der Waals surface area contributed by atoms with Gasteiger partial charge in [0.25, 0.3) is 0 Å². The Morgan fingerprint density at radius 3 is 2.86 bits per heavy atom. The zero-order chi connectivity index (χ0) is 15.2. The lowest BCUT2D eigenvalue weighted by atomic mass is 10.1. The molecule has 1 fully saturated rings. The van der Waals surface area contributed by atoms with E-state index in [1.165, 1.54) is 0 Å². The fraction of sp³-hybridized carbons (Fsp3) is 0.615. The van der Waals surface area contributed by atoms with Crippen molar-refractivity contribution in [3.8, 4) is 0 Å². The van der Waals surface area contributed by atoms with E-state index in [0.29, 0.717) is 17.2 Å². The van der Waals surface area contributed by atoms with Crippen molar-refractivity contribution in [3.63, 3.8) is 0 Å². The summed E-state index contributed by atoms with van der Waals surface area (Å²) in [6.07, 6.45) is 3.27. The Bertz CT molecular complexity index is 512. The zero-order valence-electron chi connectivity index (χ0n) is 11.8. The number of amides is 2. The molecule has 1 saturated heterocycles. The number of urea groups is 1. The maximum Gasteiger partial charge on any atom is 0.347 e. The standard InChI is InChI=1S/C13H19N3O4S/c1-8-11(12(17)18)21-10(16-8)7-15-13(19)14-6-9-4-2-3-5-20-9/h9H,2-7H2,1H3,(H,17,18)(H2,14,15,19). The number of carboxylic acids is 1. The third-order valence-corrected chi connectivity index (χ3v) is 4.34. The number of aryl methyl sites for hydroxylation is 1. The van der Waals surface area contributed by atoms with Crippen LogP contribution >= 0.6 is 11.3 Å². The van der Waals surface area contributed by atoms with Gasteiger partial charge < -0.3 is 20.5 Å². The van der Waals surface area contributed by atoms with Crippen LogP contribution < -0.4 is 10.6 Å². The molecule has 1 atom stereocenters. The van der Waals surface area contributed by atoms with Gasteiger partial charge in [0.1, 0.15) is 9.88 Å². The van der Waals surface area contributed by atoms with E-state index in [2.05, 4.69) is 15.6 Å². The smallest absolute Gasteiger partial charge is 0.347 e. The van der Waals surface area contributed by atoms with Gasteiger partial charge in [0, 0.05) is 13.2 Å². The summed E-state index contributed by atoms with van der Waals surface area (Å²) in [5.41, 5.74) is 0.473. The first kappa shape index (κ1) is 15.7. The lowest BCUT2D eigenvalue weighted by Gasteiger charge is -2.22. The molecule has 8 heteroatoms. The van der Waals surface area contributed by atoms with Crippen LogP contribution in [-0.2, 0) is 11.3 Å². The topological polar surface area (TPSA) is 101 Å². The summed E-state index contributed by atoms with van der Waals surface area (Å²) in [6.45, 7) is 3.10. The van der Waals surface area contributed by atoms with Gasteiger partial charge >= 0.3 is 12.0 Å². The van der Waals surface area contributed by atoms with Gasteiger partial charge in [-0.3, -0.25) is 0 Å². The van der Waals surface area contributed by atoms with Crippen LogP contribution in [0.5, 0.6) is 0 Å². The number of carbonyl (C=O) groups is 2. The van der Waals surface area contributed by atoms with Gasteiger partial charge in [-0.15, -0.1) is 11.3 Å². The van der Waals surface area contributed by atoms with Crippen LogP contribution in [0, 0.1) is 6.92 Å². The highest BCUT2D eigenvalue weighted by atomic mass is 32.1. The van der Waals surface area contributed by atoms with E-state index in [4.69, 9.17) is 9.84 Å². The Hall–Kier alpha value is -1.67. The van der Waals surface area contributed by atoms with E-state index < -0.39 is 5.97 Å². The Balaban J connectivity index is 1.73. The molecule has 0 aromatic carbocycles. The molecule has 0 radical (unpaired) electrons. The Morgan fingerprint density at radius 1 is 1.43 bits per heavy atom. The van der Waals surface area contributed by atoms with Crippen molar-refractivity contribution >= 4 is 23.3 Å². The summed E-state index contributed by atoms with van der Waals surface area (Å²) in [5, 5.41) is 14.9. The van der Waals surface area contributed by atoms with Crippen LogP contribution in [0.25, 0.3) is 0 Å². The van der Waals surface area contributed by atoms with Crippen LogP contribution in [0.4, 0.5) is 4.79 Å². The number of ether oxygens (including phenoxy) is 1. The minimum Gasteiger partial charge on any atom is -0.477 e. The lowest BCUT2D eigenvalue weighted by molar-refractivity contribution is 0.0184. The molecule has 1 aliphatic rings. The Morgan fingerprint density at radius 2 is 2.24 bits per heavy atom. The molecule has 0 spiro atoms. The molecule has 21 heavy (non-hydrogen) atoms. The molecular weight excluding hydrogens is 294 g/mol. The largest absolute Gasteiger partial charge is 0.477 e. The quantitative estimate of drug-likeness (QED) is 0.765. The highest BCUT2D eigenvalue weighted by Gasteiger charge is 2.16. The fourth-order valence-electron chi connectivity index (χ4n) is 2.12. The normalized spacial score (nSPS) is 18.2. The second kappa shape index (κ2) is 7.37. The lowest BCUT2D eigenvalue weighted by Crippen LogP contribution is -2.41. The number of aromatic nitrogens is 1. The highest BCUT2D eigenvalue weighted by molar-refractivity contribution is 7.13. The average molecular weight is 313 g/mol. The third-order valence-electron chi connectivity index (χ3n) is 3.20. The van der Waals surface area contributed by atoms with Gasteiger partial charge in [-0.2, -0.15) is 0 Å². The molecule has 3 N–H and O–H groups in total. The predicted molar refractivity (Wildman–Crippen MR) is 77.6 cm³/mol. The molecule has 1 unspecified atom stereocenters. The van der Waals surface area contributed by atoms with Crippen molar-refractivity contribution in [2.24, 2.45) is 0 Å². The number of carboxylic acid groups (broad SMARTS) is 1. The molecule has 0 bridgehead atoms. The Labute approximate surface area is 126 Å². The summed E-state index contributed by atoms with van der Waals surface area (Å²) in [7, 11) is 0. The van der Waals surface area contributed by atoms with Crippen LogP contribution in [0.2, 0.25) is 0 Å². The van der Waals surface area contributed by atoms with Crippen molar-refractivity contribution in [2.75, 3.05) is 13.2 Å². The number of hydrogen-bond acceptors (Lipinski definition) is 5. The number of nitrogens with one attached hydrogen (secondary N) is 2. The first-order valence-corrected chi connectivity index (χ1v) is 7.71. The summed E-state index contributed by atoms with van der Waals surface area (Å²) in [5.74, 6) is -0.991. The summed E-state index contributed by atoms with van der Waals surface area (Å²) in [6, 6.07) is -0.297. The van der Waals surface area contributed by atoms with E-state index in [0.717, 1.165) is 37.2 Å². The first-order chi connectivity index (χ1) is 10.1. The van der Waals surface area contributed by atoms with Crippen molar-refractivity contribution in [3.05, 3.63) is 15.6 Å². The van der Waals surface area contributed by atoms with Gasteiger partial charge in [-0.1, -0.05) is 0 Å². The minimum atomic E-state index is -0.991. The predicted octanol–water partition coefficient (Wildman–Crippen LogP) is 1.52. The minimum absolute atomic E-state index is 0.0882. The number of rotatable bonds is 5. The zero-order valence-corrected chi connectivity index (χ0v) is 12.7. The maximum absolute atomic E-state index is 11.7. The molecule has 2 heterocycles. The molecule has 0 aliphatic carbocycles. The van der Waals surface area contributed by atoms with Crippen molar-refractivity contribution in [2.45, 2.75) is 38.8 Å². The maximum atomic E-state index is 11.7. The van der Waals surface area contributed by atoms with Gasteiger partial charge in [0.15, 0.2) is 0 Å². The van der Waals surface area contributed by atoms with Crippen molar-refractivity contribution in [1.29, 1.82) is 0 Å². The monoisotopic (exact) mass is 313 g/mol. The summed E-state index contributed by atoms with van der Waals surface area (Å²) >= 11 is 1.08. The van der Waals surface area contributed by atoms with Gasteiger partial charge in [0.2, 0.25) is 0 Å². The van der Waals surface area contributed by atoms with Gasteiger partial charge in [-0.25, -0.2) is 14.6 Å². The average Bonchev–Trinajstić information content (AvgIpc) is 2.85. The first-order valence-electron chi connectivity index (χ1n) is 6.89. The fourth-order valence-corrected chi connectivity index (χ4v) is 2.96. The van der Waals surface area contributed by atoms with Crippen molar-refractivity contribution in [1.82, 2.24) is 15.6 Å². The Kier molecular flexibility index (Phi) is 5.51. The van der Waals surface area contributed by atoms with E-state index in [9.17, 15) is 9.59 Å². The van der Waals surface area contributed by atoms with Crippen LogP contribution in [0.1, 0.15) is 39.6 Å².